The maximum Gasteiger partial charge on any atom is 0.296 e. The van der Waals surface area contributed by atoms with Gasteiger partial charge in [-0.3, -0.25) is 4.79 Å². The minimum absolute atomic E-state index is 0.257. The highest BCUT2D eigenvalue weighted by molar-refractivity contribution is 5.94. The largest absolute Gasteiger partial charge is 0.345 e. The zero-order valence-electron chi connectivity index (χ0n) is 12.7. The number of amides is 1. The van der Waals surface area contributed by atoms with E-state index in [2.05, 4.69) is 23.2 Å². The highest BCUT2D eigenvalue weighted by Gasteiger charge is 1.98. The van der Waals surface area contributed by atoms with Crippen molar-refractivity contribution >= 4 is 5.91 Å². The number of carbonyl (C=O) groups excluding carboxylic acids is 1. The third kappa shape index (κ3) is 5.06. The predicted octanol–water partition coefficient (Wildman–Crippen LogP) is 3.15. The predicted molar refractivity (Wildman–Crippen MR) is 85.9 cm³/mol. The Morgan fingerprint density at radius 1 is 1.09 bits per heavy atom. The fraction of sp³-hybridized carbons (Fsp3) is 0.211. The average Bonchev–Trinajstić information content (AvgIpc) is 2.46. The lowest BCUT2D eigenvalue weighted by atomic mass is 10.1. The highest BCUT2D eigenvalue weighted by Crippen LogP contribution is 2.07. The summed E-state index contributed by atoms with van der Waals surface area (Å²) in [5.74, 6) is 4.90. The van der Waals surface area contributed by atoms with Gasteiger partial charge in [-0.1, -0.05) is 24.1 Å². The van der Waals surface area contributed by atoms with E-state index in [-0.39, 0.29) is 11.7 Å². The number of hydrogen-bond acceptors (Lipinski definition) is 1. The Hall–Kier alpha value is -2.60. The number of halogens is 1. The molecular formula is C19H18FNO. The Morgan fingerprint density at radius 2 is 1.73 bits per heavy atom. The lowest BCUT2D eigenvalue weighted by Gasteiger charge is -2.01. The minimum Gasteiger partial charge on any atom is -0.345 e. The van der Waals surface area contributed by atoms with Gasteiger partial charge >= 0.3 is 0 Å². The third-order valence-electron chi connectivity index (χ3n) is 3.15. The summed E-state index contributed by atoms with van der Waals surface area (Å²) < 4.78 is 12.8. The summed E-state index contributed by atoms with van der Waals surface area (Å²) in [5, 5.41) is 2.74. The fourth-order valence-corrected chi connectivity index (χ4v) is 2.19. The summed E-state index contributed by atoms with van der Waals surface area (Å²) >= 11 is 0. The van der Waals surface area contributed by atoms with Gasteiger partial charge in [0.1, 0.15) is 5.82 Å². The Labute approximate surface area is 130 Å². The van der Waals surface area contributed by atoms with Crippen LogP contribution in [0, 0.1) is 31.5 Å². The zero-order valence-corrected chi connectivity index (χ0v) is 12.7. The molecule has 0 aromatic heterocycles. The van der Waals surface area contributed by atoms with Crippen molar-refractivity contribution in [3.63, 3.8) is 0 Å². The van der Waals surface area contributed by atoms with Gasteiger partial charge in [-0.2, -0.15) is 0 Å². The number of hydrogen-bond donors (Lipinski definition) is 1. The first-order chi connectivity index (χ1) is 10.5. The summed E-state index contributed by atoms with van der Waals surface area (Å²) in [7, 11) is 0. The van der Waals surface area contributed by atoms with Crippen LogP contribution in [0.2, 0.25) is 0 Å². The normalized spacial score (nSPS) is 9.77. The standard InChI is InChI=1S/C19H18FNO/c1-14-11-15(2)13-17(12-14)5-8-19(22)21-10-9-16-3-6-18(20)7-4-16/h3-4,6-7,11-13H,9-10H2,1-2H3,(H,21,22). The number of aryl methyl sites for hydroxylation is 2. The van der Waals surface area contributed by atoms with Gasteiger partial charge in [0.15, 0.2) is 0 Å². The van der Waals surface area contributed by atoms with Crippen LogP contribution in [0.15, 0.2) is 42.5 Å². The summed E-state index contributed by atoms with van der Waals surface area (Å²) in [6, 6.07) is 12.2. The number of rotatable bonds is 3. The maximum absolute atomic E-state index is 12.8. The molecule has 0 aliphatic heterocycles. The van der Waals surface area contributed by atoms with Gasteiger partial charge < -0.3 is 5.32 Å². The molecule has 0 saturated carbocycles. The molecule has 1 amide bonds. The van der Waals surface area contributed by atoms with Gasteiger partial charge in [0, 0.05) is 18.0 Å². The molecule has 0 atom stereocenters. The molecule has 0 unspecified atom stereocenters. The van der Waals surface area contributed by atoms with Gasteiger partial charge in [0.05, 0.1) is 0 Å². The first kappa shape index (κ1) is 15.8. The van der Waals surface area contributed by atoms with Crippen LogP contribution in [0.1, 0.15) is 22.3 Å². The number of nitrogens with one attached hydrogen (secondary N) is 1. The van der Waals surface area contributed by atoms with Crippen LogP contribution in [0.3, 0.4) is 0 Å². The Morgan fingerprint density at radius 3 is 2.36 bits per heavy atom. The first-order valence-corrected chi connectivity index (χ1v) is 7.15. The van der Waals surface area contributed by atoms with E-state index in [0.717, 1.165) is 22.3 Å². The molecule has 0 aliphatic rings. The van der Waals surface area contributed by atoms with Crippen molar-refractivity contribution in [3.05, 3.63) is 70.5 Å². The van der Waals surface area contributed by atoms with E-state index < -0.39 is 0 Å². The van der Waals surface area contributed by atoms with E-state index >= 15 is 0 Å². The smallest absolute Gasteiger partial charge is 0.296 e. The third-order valence-corrected chi connectivity index (χ3v) is 3.15. The Balaban J connectivity index is 1.85. The summed E-state index contributed by atoms with van der Waals surface area (Å²) in [6.07, 6.45) is 0.650. The van der Waals surface area contributed by atoms with Crippen LogP contribution < -0.4 is 5.32 Å². The molecule has 0 saturated heterocycles. The van der Waals surface area contributed by atoms with Crippen molar-refractivity contribution in [1.82, 2.24) is 5.32 Å². The second-order valence-corrected chi connectivity index (χ2v) is 5.26. The van der Waals surface area contributed by atoms with E-state index in [0.29, 0.717) is 13.0 Å². The van der Waals surface area contributed by atoms with Crippen molar-refractivity contribution in [1.29, 1.82) is 0 Å². The van der Waals surface area contributed by atoms with Crippen molar-refractivity contribution in [3.8, 4) is 11.8 Å². The molecule has 0 bridgehead atoms. The zero-order chi connectivity index (χ0) is 15.9. The summed E-state index contributed by atoms with van der Waals surface area (Å²) in [6.45, 7) is 4.48. The molecule has 2 rings (SSSR count). The van der Waals surface area contributed by atoms with E-state index in [9.17, 15) is 9.18 Å². The Kier molecular flexibility index (Phi) is 5.32. The van der Waals surface area contributed by atoms with Gasteiger partial charge in [-0.15, -0.1) is 0 Å². The molecule has 0 radical (unpaired) electrons. The van der Waals surface area contributed by atoms with E-state index in [1.54, 1.807) is 12.1 Å². The topological polar surface area (TPSA) is 29.1 Å². The molecule has 1 N–H and O–H groups in total. The van der Waals surface area contributed by atoms with Gasteiger partial charge in [0.2, 0.25) is 0 Å². The molecule has 0 aliphatic carbocycles. The highest BCUT2D eigenvalue weighted by atomic mass is 19.1. The first-order valence-electron chi connectivity index (χ1n) is 7.15. The van der Waals surface area contributed by atoms with Crippen LogP contribution in [-0.2, 0) is 11.2 Å². The molecule has 22 heavy (non-hydrogen) atoms. The molecule has 0 heterocycles. The van der Waals surface area contributed by atoms with Crippen LogP contribution in [0.4, 0.5) is 4.39 Å². The summed E-state index contributed by atoms with van der Waals surface area (Å²) in [5.41, 5.74) is 4.07. The molecule has 0 spiro atoms. The second-order valence-electron chi connectivity index (χ2n) is 5.26. The van der Waals surface area contributed by atoms with E-state index in [1.807, 2.05) is 26.0 Å². The van der Waals surface area contributed by atoms with Gasteiger partial charge in [-0.05, 0) is 61.2 Å². The van der Waals surface area contributed by atoms with Crippen LogP contribution >= 0.6 is 0 Å². The van der Waals surface area contributed by atoms with Crippen molar-refractivity contribution in [2.24, 2.45) is 0 Å². The van der Waals surface area contributed by atoms with Crippen molar-refractivity contribution < 1.29 is 9.18 Å². The molecule has 112 valence electrons. The van der Waals surface area contributed by atoms with Crippen LogP contribution in [-0.4, -0.2) is 12.5 Å². The van der Waals surface area contributed by atoms with Crippen molar-refractivity contribution in [2.75, 3.05) is 6.54 Å². The molecule has 3 heteroatoms. The van der Waals surface area contributed by atoms with Crippen LogP contribution in [0.25, 0.3) is 0 Å². The number of carbonyl (C=O) groups is 1. The van der Waals surface area contributed by atoms with Crippen molar-refractivity contribution in [2.45, 2.75) is 20.3 Å². The lowest BCUT2D eigenvalue weighted by Crippen LogP contribution is -2.24. The molecule has 2 aromatic carbocycles. The fourth-order valence-electron chi connectivity index (χ4n) is 2.19. The Bertz CT molecular complexity index is 703. The molecule has 0 fully saturated rings. The lowest BCUT2D eigenvalue weighted by molar-refractivity contribution is -0.115. The van der Waals surface area contributed by atoms with Gasteiger partial charge in [-0.25, -0.2) is 4.39 Å². The maximum atomic E-state index is 12.8. The van der Waals surface area contributed by atoms with Crippen LogP contribution in [0.5, 0.6) is 0 Å². The number of benzene rings is 2. The molecule has 2 nitrogen and oxygen atoms in total. The SMILES string of the molecule is Cc1cc(C)cc(C#CC(=O)NCCc2ccc(F)cc2)c1. The van der Waals surface area contributed by atoms with E-state index in [4.69, 9.17) is 0 Å². The molecule has 2 aromatic rings. The second kappa shape index (κ2) is 7.42. The quantitative estimate of drug-likeness (QED) is 0.866. The average molecular weight is 295 g/mol. The minimum atomic E-state index is -0.304. The molecular weight excluding hydrogens is 277 g/mol. The monoisotopic (exact) mass is 295 g/mol. The summed E-state index contributed by atoms with van der Waals surface area (Å²) in [4.78, 5) is 11.7. The van der Waals surface area contributed by atoms with E-state index in [1.165, 1.54) is 12.1 Å². The van der Waals surface area contributed by atoms with Gasteiger partial charge in [0.25, 0.3) is 5.91 Å².